The number of aromatic nitrogens is 1. The van der Waals surface area contributed by atoms with Gasteiger partial charge >= 0.3 is 6.03 Å². The van der Waals surface area contributed by atoms with Gasteiger partial charge in [0.05, 0.1) is 5.69 Å². The SMILES string of the molecule is O=C(NCc1ccc(F)cc1)c1cccc(NC(=O)N2CCSc3ncccc32)c1. The fourth-order valence-electron chi connectivity index (χ4n) is 3.08. The van der Waals surface area contributed by atoms with E-state index in [1.165, 1.54) is 12.1 Å². The summed E-state index contributed by atoms with van der Waals surface area (Å²) in [5.74, 6) is 0.169. The minimum absolute atomic E-state index is 0.270. The highest BCUT2D eigenvalue weighted by Gasteiger charge is 2.23. The molecule has 30 heavy (non-hydrogen) atoms. The third kappa shape index (κ3) is 4.60. The number of urea groups is 1. The lowest BCUT2D eigenvalue weighted by Gasteiger charge is -2.28. The van der Waals surface area contributed by atoms with Crippen LogP contribution < -0.4 is 15.5 Å². The average Bonchev–Trinajstić information content (AvgIpc) is 2.78. The molecule has 152 valence electrons. The summed E-state index contributed by atoms with van der Waals surface area (Å²) in [4.78, 5) is 31.2. The fourth-order valence-corrected chi connectivity index (χ4v) is 4.01. The number of benzene rings is 2. The van der Waals surface area contributed by atoms with Gasteiger partial charge in [0.15, 0.2) is 0 Å². The maximum atomic E-state index is 13.0. The molecule has 0 bridgehead atoms. The predicted molar refractivity (Wildman–Crippen MR) is 115 cm³/mol. The highest BCUT2D eigenvalue weighted by atomic mass is 32.2. The van der Waals surface area contributed by atoms with Crippen LogP contribution in [0.3, 0.4) is 0 Å². The first-order valence-electron chi connectivity index (χ1n) is 9.39. The number of nitrogens with one attached hydrogen (secondary N) is 2. The van der Waals surface area contributed by atoms with Gasteiger partial charge in [-0.25, -0.2) is 14.2 Å². The number of anilines is 2. The lowest BCUT2D eigenvalue weighted by Crippen LogP contribution is -2.38. The summed E-state index contributed by atoms with van der Waals surface area (Å²) in [6.07, 6.45) is 1.71. The van der Waals surface area contributed by atoms with E-state index in [9.17, 15) is 14.0 Å². The van der Waals surface area contributed by atoms with E-state index in [0.29, 0.717) is 17.8 Å². The molecule has 0 unspecified atom stereocenters. The summed E-state index contributed by atoms with van der Waals surface area (Å²) in [7, 11) is 0. The third-order valence-corrected chi connectivity index (χ3v) is 5.56. The Balaban J connectivity index is 1.41. The first-order valence-corrected chi connectivity index (χ1v) is 10.4. The number of thioether (sulfide) groups is 1. The van der Waals surface area contributed by atoms with Crippen LogP contribution >= 0.6 is 11.8 Å². The van der Waals surface area contributed by atoms with Gasteiger partial charge in [-0.15, -0.1) is 11.8 Å². The van der Waals surface area contributed by atoms with Crippen molar-refractivity contribution in [1.82, 2.24) is 10.3 Å². The van der Waals surface area contributed by atoms with Crippen LogP contribution in [0, 0.1) is 5.82 Å². The highest BCUT2D eigenvalue weighted by molar-refractivity contribution is 7.99. The van der Waals surface area contributed by atoms with Crippen LogP contribution in [0.2, 0.25) is 0 Å². The zero-order valence-electron chi connectivity index (χ0n) is 16.0. The number of hydrogen-bond acceptors (Lipinski definition) is 4. The Bertz CT molecular complexity index is 1070. The van der Waals surface area contributed by atoms with Crippen molar-refractivity contribution in [2.75, 3.05) is 22.5 Å². The maximum Gasteiger partial charge on any atom is 0.326 e. The number of pyridine rings is 1. The molecule has 1 aromatic heterocycles. The molecule has 4 rings (SSSR count). The van der Waals surface area contributed by atoms with Gasteiger partial charge in [0.1, 0.15) is 10.8 Å². The monoisotopic (exact) mass is 422 g/mol. The van der Waals surface area contributed by atoms with Crippen LogP contribution in [-0.2, 0) is 6.54 Å². The summed E-state index contributed by atoms with van der Waals surface area (Å²) in [6, 6.07) is 16.1. The van der Waals surface area contributed by atoms with Crippen LogP contribution in [0.1, 0.15) is 15.9 Å². The van der Waals surface area contributed by atoms with Gasteiger partial charge in [-0.1, -0.05) is 18.2 Å². The number of amides is 3. The summed E-state index contributed by atoms with van der Waals surface area (Å²) >= 11 is 1.62. The first-order chi connectivity index (χ1) is 14.6. The number of fused-ring (bicyclic) bond motifs is 1. The van der Waals surface area contributed by atoms with E-state index in [1.54, 1.807) is 65.3 Å². The zero-order valence-corrected chi connectivity index (χ0v) is 16.8. The molecule has 0 spiro atoms. The van der Waals surface area contributed by atoms with E-state index in [2.05, 4.69) is 15.6 Å². The molecule has 2 N–H and O–H groups in total. The van der Waals surface area contributed by atoms with E-state index < -0.39 is 0 Å². The number of carbonyl (C=O) groups excluding carboxylic acids is 2. The van der Waals surface area contributed by atoms with Crippen molar-refractivity contribution < 1.29 is 14.0 Å². The van der Waals surface area contributed by atoms with E-state index in [1.807, 2.05) is 6.07 Å². The summed E-state index contributed by atoms with van der Waals surface area (Å²) < 4.78 is 13.0. The van der Waals surface area contributed by atoms with E-state index in [4.69, 9.17) is 0 Å². The summed E-state index contributed by atoms with van der Waals surface area (Å²) in [5, 5.41) is 6.48. The van der Waals surface area contributed by atoms with Crippen molar-refractivity contribution in [3.8, 4) is 0 Å². The van der Waals surface area contributed by atoms with Gasteiger partial charge in [-0.3, -0.25) is 9.69 Å². The van der Waals surface area contributed by atoms with Crippen molar-refractivity contribution in [1.29, 1.82) is 0 Å². The molecule has 0 saturated carbocycles. The van der Waals surface area contributed by atoms with Gasteiger partial charge in [0.2, 0.25) is 0 Å². The van der Waals surface area contributed by atoms with Crippen molar-refractivity contribution >= 4 is 35.1 Å². The fraction of sp³-hybridized carbons (Fsp3) is 0.136. The van der Waals surface area contributed by atoms with Crippen molar-refractivity contribution in [3.63, 3.8) is 0 Å². The average molecular weight is 422 g/mol. The number of halogens is 1. The molecular formula is C22H19FN4O2S. The lowest BCUT2D eigenvalue weighted by molar-refractivity contribution is 0.0951. The van der Waals surface area contributed by atoms with Crippen LogP contribution in [0.4, 0.5) is 20.6 Å². The zero-order chi connectivity index (χ0) is 20.9. The Kier molecular flexibility index (Phi) is 5.94. The van der Waals surface area contributed by atoms with Crippen LogP contribution in [0.15, 0.2) is 71.9 Å². The van der Waals surface area contributed by atoms with Crippen molar-refractivity contribution in [2.24, 2.45) is 0 Å². The quantitative estimate of drug-likeness (QED) is 0.658. The molecule has 3 amide bonds. The van der Waals surface area contributed by atoms with Crippen molar-refractivity contribution in [3.05, 3.63) is 83.8 Å². The number of rotatable bonds is 4. The third-order valence-electron chi connectivity index (χ3n) is 4.58. The molecule has 8 heteroatoms. The van der Waals surface area contributed by atoms with Crippen LogP contribution in [0.5, 0.6) is 0 Å². The van der Waals surface area contributed by atoms with Crippen LogP contribution in [-0.4, -0.2) is 29.2 Å². The standard InChI is InChI=1S/C22H19FN4O2S/c23-17-8-6-15(7-9-17)14-25-20(28)16-3-1-4-18(13-16)26-22(29)27-11-12-30-21-19(27)5-2-10-24-21/h1-10,13H,11-12,14H2,(H,25,28)(H,26,29). The topological polar surface area (TPSA) is 74.3 Å². The molecule has 2 aromatic carbocycles. The molecule has 0 atom stereocenters. The Morgan fingerprint density at radius 1 is 1.10 bits per heavy atom. The highest BCUT2D eigenvalue weighted by Crippen LogP contribution is 2.32. The molecule has 6 nitrogen and oxygen atoms in total. The Morgan fingerprint density at radius 2 is 1.93 bits per heavy atom. The summed E-state index contributed by atoms with van der Waals surface area (Å²) in [6.45, 7) is 0.859. The number of nitrogens with zero attached hydrogens (tertiary/aromatic N) is 2. The van der Waals surface area contributed by atoms with Crippen LogP contribution in [0.25, 0.3) is 0 Å². The van der Waals surface area contributed by atoms with Gasteiger partial charge in [-0.2, -0.15) is 0 Å². The Morgan fingerprint density at radius 3 is 2.77 bits per heavy atom. The molecule has 0 radical (unpaired) electrons. The van der Waals surface area contributed by atoms with Gasteiger partial charge in [-0.05, 0) is 48.0 Å². The normalized spacial score (nSPS) is 12.8. The van der Waals surface area contributed by atoms with E-state index >= 15 is 0 Å². The van der Waals surface area contributed by atoms with Gasteiger partial charge in [0.25, 0.3) is 5.91 Å². The molecule has 1 aliphatic rings. The first kappa shape index (κ1) is 19.9. The summed E-state index contributed by atoms with van der Waals surface area (Å²) in [5.41, 5.74) is 2.52. The second kappa shape index (κ2) is 8.96. The van der Waals surface area contributed by atoms with Gasteiger partial charge < -0.3 is 10.6 Å². The molecule has 3 aromatic rings. The molecule has 0 saturated heterocycles. The minimum atomic E-state index is -0.320. The number of hydrogen-bond donors (Lipinski definition) is 2. The van der Waals surface area contributed by atoms with Crippen molar-refractivity contribution in [2.45, 2.75) is 11.6 Å². The minimum Gasteiger partial charge on any atom is -0.348 e. The lowest BCUT2D eigenvalue weighted by atomic mass is 10.1. The Hall–Kier alpha value is -3.39. The van der Waals surface area contributed by atoms with Gasteiger partial charge in [0, 0.05) is 36.3 Å². The molecule has 2 heterocycles. The maximum absolute atomic E-state index is 13.0. The predicted octanol–water partition coefficient (Wildman–Crippen LogP) is 4.29. The smallest absolute Gasteiger partial charge is 0.326 e. The molecule has 0 aliphatic carbocycles. The largest absolute Gasteiger partial charge is 0.348 e. The Labute approximate surface area is 177 Å². The molecule has 0 fully saturated rings. The number of carbonyl (C=O) groups is 2. The van der Waals surface area contributed by atoms with E-state index in [-0.39, 0.29) is 24.3 Å². The second-order valence-electron chi connectivity index (χ2n) is 6.65. The molecular weight excluding hydrogens is 403 g/mol. The van der Waals surface area contributed by atoms with E-state index in [0.717, 1.165) is 22.0 Å². The molecule has 1 aliphatic heterocycles. The second-order valence-corrected chi connectivity index (χ2v) is 7.73.